The highest BCUT2D eigenvalue weighted by atomic mass is 32.1. The Labute approximate surface area is 198 Å². The Bertz CT molecular complexity index is 1000. The van der Waals surface area contributed by atoms with Crippen molar-refractivity contribution in [3.05, 3.63) is 45.8 Å². The minimum absolute atomic E-state index is 0.132. The summed E-state index contributed by atoms with van der Waals surface area (Å²) in [5.74, 6) is 0.812. The largest absolute Gasteiger partial charge is 0.483 e. The average Bonchev–Trinajstić information content (AvgIpc) is 3.09. The number of hydrogen-bond donors (Lipinski definition) is 2. The summed E-state index contributed by atoms with van der Waals surface area (Å²) in [6, 6.07) is 7.66. The van der Waals surface area contributed by atoms with Gasteiger partial charge in [-0.15, -0.1) is 11.3 Å². The monoisotopic (exact) mass is 474 g/mol. The summed E-state index contributed by atoms with van der Waals surface area (Å²) in [6.07, 6.45) is 2.80. The first-order valence-electron chi connectivity index (χ1n) is 10.9. The van der Waals surface area contributed by atoms with Gasteiger partial charge in [-0.3, -0.25) is 10.1 Å². The predicted molar refractivity (Wildman–Crippen MR) is 132 cm³/mol. The zero-order chi connectivity index (χ0) is 23.3. The topological polar surface area (TPSA) is 76.7 Å². The number of para-hydroxylation sites is 1. The first kappa shape index (κ1) is 24.2. The molecule has 1 aliphatic rings. The Morgan fingerprint density at radius 3 is 2.75 bits per heavy atom. The van der Waals surface area contributed by atoms with Crippen LogP contribution < -0.4 is 15.4 Å². The van der Waals surface area contributed by atoms with Crippen molar-refractivity contribution < 1.29 is 19.1 Å². The third-order valence-corrected chi connectivity index (χ3v) is 6.74. The number of anilines is 1. The first-order chi connectivity index (χ1) is 15.3. The lowest BCUT2D eigenvalue weighted by Gasteiger charge is -2.18. The molecule has 172 valence electrons. The van der Waals surface area contributed by atoms with Crippen molar-refractivity contribution >= 4 is 45.5 Å². The third-order valence-electron chi connectivity index (χ3n) is 5.37. The lowest BCUT2D eigenvalue weighted by atomic mass is 9.88. The highest BCUT2D eigenvalue weighted by molar-refractivity contribution is 7.80. The smallest absolute Gasteiger partial charge is 0.341 e. The first-order valence-corrected chi connectivity index (χ1v) is 12.2. The molecule has 0 radical (unpaired) electrons. The van der Waals surface area contributed by atoms with Gasteiger partial charge in [0.15, 0.2) is 11.7 Å². The summed E-state index contributed by atoms with van der Waals surface area (Å²) in [4.78, 5) is 26.2. The van der Waals surface area contributed by atoms with Crippen molar-refractivity contribution in [3.63, 3.8) is 0 Å². The summed E-state index contributed by atoms with van der Waals surface area (Å²) in [5.41, 5.74) is 2.62. The van der Waals surface area contributed by atoms with Gasteiger partial charge in [0.05, 0.1) is 12.2 Å². The van der Waals surface area contributed by atoms with Crippen LogP contribution in [0.1, 0.15) is 66.4 Å². The standard InChI is InChI=1S/C24H30N2O4S2/c1-5-29-23(28)21-17-11-10-15(4)12-19(17)32-22(21)26-24(31)25-20(27)13-30-18-9-7-6-8-16(18)14(2)3/h6-9,14-15H,5,10-13H2,1-4H3,(H2,25,26,27,31). The van der Waals surface area contributed by atoms with E-state index in [1.807, 2.05) is 24.3 Å². The van der Waals surface area contributed by atoms with E-state index in [1.165, 1.54) is 16.2 Å². The van der Waals surface area contributed by atoms with Gasteiger partial charge >= 0.3 is 5.97 Å². The molecule has 0 saturated carbocycles. The van der Waals surface area contributed by atoms with E-state index >= 15 is 0 Å². The molecule has 1 heterocycles. The molecule has 8 heteroatoms. The van der Waals surface area contributed by atoms with Crippen LogP contribution in [0.4, 0.5) is 5.00 Å². The van der Waals surface area contributed by atoms with Crippen LogP contribution in [-0.2, 0) is 22.4 Å². The van der Waals surface area contributed by atoms with Crippen LogP contribution in [0.5, 0.6) is 5.75 Å². The van der Waals surface area contributed by atoms with Gasteiger partial charge in [0.1, 0.15) is 10.8 Å². The van der Waals surface area contributed by atoms with E-state index in [4.69, 9.17) is 21.7 Å². The van der Waals surface area contributed by atoms with Gasteiger partial charge in [0.2, 0.25) is 0 Å². The number of carbonyl (C=O) groups excluding carboxylic acids is 2. The van der Waals surface area contributed by atoms with Gasteiger partial charge in [-0.1, -0.05) is 39.0 Å². The highest BCUT2D eigenvalue weighted by Crippen LogP contribution is 2.40. The molecule has 1 atom stereocenters. The number of rotatable bonds is 7. The molecule has 0 bridgehead atoms. The molecule has 1 unspecified atom stereocenters. The zero-order valence-electron chi connectivity index (χ0n) is 18.9. The highest BCUT2D eigenvalue weighted by Gasteiger charge is 2.29. The average molecular weight is 475 g/mol. The van der Waals surface area contributed by atoms with Gasteiger partial charge in [0.25, 0.3) is 5.91 Å². The van der Waals surface area contributed by atoms with Crippen LogP contribution in [0, 0.1) is 5.92 Å². The van der Waals surface area contributed by atoms with Gasteiger partial charge in [-0.2, -0.15) is 0 Å². The molecule has 0 spiro atoms. The van der Waals surface area contributed by atoms with Gasteiger partial charge in [-0.25, -0.2) is 4.79 Å². The molecule has 6 nitrogen and oxygen atoms in total. The quantitative estimate of drug-likeness (QED) is 0.431. The SMILES string of the molecule is CCOC(=O)c1c(NC(=S)NC(=O)COc2ccccc2C(C)C)sc2c1CCC(C)C2. The van der Waals surface area contributed by atoms with Gasteiger partial charge < -0.3 is 14.8 Å². The second kappa shape index (κ2) is 10.9. The Morgan fingerprint density at radius 1 is 1.28 bits per heavy atom. The third kappa shape index (κ3) is 5.86. The van der Waals surface area contributed by atoms with E-state index in [9.17, 15) is 9.59 Å². The zero-order valence-corrected chi connectivity index (χ0v) is 20.6. The van der Waals surface area contributed by atoms with E-state index < -0.39 is 0 Å². The molecule has 1 aliphatic carbocycles. The molecule has 1 aromatic carbocycles. The molecular weight excluding hydrogens is 444 g/mol. The van der Waals surface area contributed by atoms with E-state index in [-0.39, 0.29) is 29.5 Å². The lowest BCUT2D eigenvalue weighted by Crippen LogP contribution is -2.37. The summed E-state index contributed by atoms with van der Waals surface area (Å²) >= 11 is 6.85. The summed E-state index contributed by atoms with van der Waals surface area (Å²) < 4.78 is 11.0. The molecule has 32 heavy (non-hydrogen) atoms. The van der Waals surface area contributed by atoms with Crippen LogP contribution in [-0.4, -0.2) is 30.2 Å². The van der Waals surface area contributed by atoms with Crippen molar-refractivity contribution in [3.8, 4) is 5.75 Å². The fraction of sp³-hybridized carbons (Fsp3) is 0.458. The lowest BCUT2D eigenvalue weighted by molar-refractivity contribution is -0.121. The fourth-order valence-corrected chi connectivity index (χ4v) is 5.47. The fourth-order valence-electron chi connectivity index (χ4n) is 3.79. The molecule has 2 N–H and O–H groups in total. The Balaban J connectivity index is 1.66. The number of carbonyl (C=O) groups is 2. The second-order valence-corrected chi connectivity index (χ2v) is 9.77. The molecule has 0 fully saturated rings. The number of hydrogen-bond acceptors (Lipinski definition) is 6. The number of amides is 1. The number of nitrogens with one attached hydrogen (secondary N) is 2. The molecule has 1 aromatic heterocycles. The molecule has 2 aromatic rings. The number of fused-ring (bicyclic) bond motifs is 1. The summed E-state index contributed by atoms with van der Waals surface area (Å²) in [5, 5.41) is 6.44. The van der Waals surface area contributed by atoms with Crippen LogP contribution in [0.3, 0.4) is 0 Å². The van der Waals surface area contributed by atoms with Crippen molar-refractivity contribution in [2.75, 3.05) is 18.5 Å². The van der Waals surface area contributed by atoms with Crippen LogP contribution in [0.15, 0.2) is 24.3 Å². The van der Waals surface area contributed by atoms with Gasteiger partial charge in [-0.05, 0) is 67.4 Å². The van der Waals surface area contributed by atoms with Crippen LogP contribution >= 0.6 is 23.6 Å². The van der Waals surface area contributed by atoms with Crippen molar-refractivity contribution in [2.24, 2.45) is 5.92 Å². The van der Waals surface area contributed by atoms with E-state index in [0.717, 1.165) is 30.4 Å². The summed E-state index contributed by atoms with van der Waals surface area (Å²) in [7, 11) is 0. The van der Waals surface area contributed by atoms with Crippen molar-refractivity contribution in [1.29, 1.82) is 0 Å². The van der Waals surface area contributed by atoms with Crippen molar-refractivity contribution in [1.82, 2.24) is 5.32 Å². The van der Waals surface area contributed by atoms with E-state index in [2.05, 4.69) is 31.4 Å². The number of esters is 1. The maximum absolute atomic E-state index is 12.6. The molecule has 0 aliphatic heterocycles. The molecule has 3 rings (SSSR count). The molecule has 0 saturated heterocycles. The predicted octanol–water partition coefficient (Wildman–Crippen LogP) is 5.07. The number of thiocarbonyl (C=S) groups is 1. The Morgan fingerprint density at radius 2 is 2.03 bits per heavy atom. The number of ether oxygens (including phenoxy) is 2. The molecular formula is C24H30N2O4S2. The number of benzene rings is 1. The van der Waals surface area contributed by atoms with E-state index in [1.54, 1.807) is 6.92 Å². The number of thiophene rings is 1. The van der Waals surface area contributed by atoms with Gasteiger partial charge in [0, 0.05) is 4.88 Å². The molecule has 1 amide bonds. The summed E-state index contributed by atoms with van der Waals surface area (Å²) in [6.45, 7) is 8.29. The maximum Gasteiger partial charge on any atom is 0.341 e. The van der Waals surface area contributed by atoms with Crippen LogP contribution in [0.2, 0.25) is 0 Å². The van der Waals surface area contributed by atoms with Crippen molar-refractivity contribution in [2.45, 2.75) is 52.9 Å². The normalized spacial score (nSPS) is 15.1. The Hall–Kier alpha value is -2.45. The minimum Gasteiger partial charge on any atom is -0.483 e. The second-order valence-electron chi connectivity index (χ2n) is 8.26. The van der Waals surface area contributed by atoms with Crippen LogP contribution in [0.25, 0.3) is 0 Å². The maximum atomic E-state index is 12.6. The Kier molecular flexibility index (Phi) is 8.26. The van der Waals surface area contributed by atoms with E-state index in [0.29, 0.717) is 28.8 Å². The minimum atomic E-state index is -0.367.